The molecule has 0 unspecified atom stereocenters. The Labute approximate surface area is 61.8 Å². The Bertz CT molecular complexity index is 126. The third kappa shape index (κ3) is 72.3. The second-order valence-electron chi connectivity index (χ2n) is 1.49. The molecule has 0 spiro atoms. The molecule has 9 heteroatoms. The van der Waals surface area contributed by atoms with Crippen LogP contribution in [-0.2, 0) is 4.57 Å². The number of rotatable bonds is 1. The molecule has 0 rings (SSSR count). The molecular weight excluding hydrogens is 181 g/mol. The highest BCUT2D eigenvalue weighted by molar-refractivity contribution is 7.45. The molecule has 0 heterocycles. The van der Waals surface area contributed by atoms with Crippen molar-refractivity contribution in [2.75, 3.05) is 6.54 Å². The fourth-order valence-corrected chi connectivity index (χ4v) is 0. The molecule has 11 heavy (non-hydrogen) atoms. The predicted molar refractivity (Wildman–Crippen MR) is 32.7 cm³/mol. The molecular formula is C2H10NO7P. The van der Waals surface area contributed by atoms with E-state index in [9.17, 15) is 0 Å². The number of hydrogen-bond donors (Lipinski definition) is 7. The molecule has 0 aromatic heterocycles. The van der Waals surface area contributed by atoms with E-state index in [4.69, 9.17) is 34.6 Å². The molecule has 0 saturated heterocycles. The van der Waals surface area contributed by atoms with Crippen LogP contribution in [0, 0.1) is 0 Å². The summed E-state index contributed by atoms with van der Waals surface area (Å²) in [7, 11) is -4.64. The Balaban J connectivity index is 0. The van der Waals surface area contributed by atoms with Crippen molar-refractivity contribution in [2.24, 2.45) is 5.73 Å². The van der Waals surface area contributed by atoms with Crippen LogP contribution in [0.1, 0.15) is 0 Å². The smallest absolute Gasteiger partial charge is 0.343 e. The highest BCUT2D eigenvalue weighted by Gasteiger charge is 2.12. The fraction of sp³-hybridized carbons (Fsp3) is 1.00. The summed E-state index contributed by atoms with van der Waals surface area (Å²) in [5.41, 5.74) is 4.56. The van der Waals surface area contributed by atoms with Crippen LogP contribution in [0.2, 0.25) is 0 Å². The molecule has 0 fully saturated rings. The summed E-state index contributed by atoms with van der Waals surface area (Å²) in [6, 6.07) is 0. The molecule has 0 bridgehead atoms. The summed E-state index contributed by atoms with van der Waals surface area (Å²) in [6.07, 6.45) is 0. The minimum absolute atomic E-state index is 0.562. The topological polar surface area (TPSA) is 164 Å². The Hall–Kier alpha value is -0.0500. The van der Waals surface area contributed by atoms with Gasteiger partial charge in [-0.2, -0.15) is 0 Å². The van der Waals surface area contributed by atoms with Crippen LogP contribution in [0.25, 0.3) is 0 Å². The van der Waals surface area contributed by atoms with Crippen molar-refractivity contribution in [3.63, 3.8) is 0 Å². The van der Waals surface area contributed by atoms with Crippen molar-refractivity contribution >= 4 is 7.82 Å². The van der Waals surface area contributed by atoms with Gasteiger partial charge in [-0.25, -0.2) is 4.57 Å². The molecule has 8 N–H and O–H groups in total. The van der Waals surface area contributed by atoms with Crippen LogP contribution in [0.15, 0.2) is 0 Å². The quantitative estimate of drug-likeness (QED) is 0.167. The normalized spacial score (nSPS) is 11.9. The van der Waals surface area contributed by atoms with Gasteiger partial charge in [0.25, 0.3) is 5.97 Å². The van der Waals surface area contributed by atoms with Crippen LogP contribution < -0.4 is 5.73 Å². The van der Waals surface area contributed by atoms with E-state index >= 15 is 0 Å². The van der Waals surface area contributed by atoms with Crippen LogP contribution in [0.4, 0.5) is 0 Å². The van der Waals surface area contributed by atoms with Crippen molar-refractivity contribution in [3.8, 4) is 0 Å². The zero-order valence-corrected chi connectivity index (χ0v) is 6.22. The zero-order valence-electron chi connectivity index (χ0n) is 5.32. The molecule has 0 radical (unpaired) electrons. The lowest BCUT2D eigenvalue weighted by Gasteiger charge is -2.07. The minimum atomic E-state index is -4.64. The zero-order chi connectivity index (χ0) is 9.71. The van der Waals surface area contributed by atoms with E-state index in [-0.39, 0.29) is 0 Å². The largest absolute Gasteiger partial charge is 0.466 e. The van der Waals surface area contributed by atoms with E-state index in [0.717, 1.165) is 0 Å². The molecule has 0 aromatic carbocycles. The molecule has 0 aromatic rings. The Morgan fingerprint density at radius 2 is 1.27 bits per heavy atom. The van der Waals surface area contributed by atoms with Gasteiger partial charge in [-0.3, -0.25) is 0 Å². The first-order valence-corrected chi connectivity index (χ1v) is 3.78. The van der Waals surface area contributed by atoms with E-state index in [1.165, 1.54) is 0 Å². The highest BCUT2D eigenvalue weighted by atomic mass is 31.2. The van der Waals surface area contributed by atoms with Crippen molar-refractivity contribution in [3.05, 3.63) is 0 Å². The first-order valence-electron chi connectivity index (χ1n) is 2.22. The van der Waals surface area contributed by atoms with Crippen molar-refractivity contribution in [1.82, 2.24) is 0 Å². The predicted octanol–water partition coefficient (Wildman–Crippen LogP) is -3.35. The van der Waals surface area contributed by atoms with Crippen molar-refractivity contribution in [1.29, 1.82) is 0 Å². The van der Waals surface area contributed by atoms with Crippen LogP contribution >= 0.6 is 7.82 Å². The van der Waals surface area contributed by atoms with Gasteiger partial charge >= 0.3 is 7.82 Å². The summed E-state index contributed by atoms with van der Waals surface area (Å²) in [6.45, 7) is -0.562. The molecule has 0 atom stereocenters. The lowest BCUT2D eigenvalue weighted by molar-refractivity contribution is -0.302. The van der Waals surface area contributed by atoms with Gasteiger partial charge in [-0.05, 0) is 0 Å². The average Bonchev–Trinajstić information content (AvgIpc) is 1.59. The lowest BCUT2D eigenvalue weighted by Crippen LogP contribution is -2.36. The summed E-state index contributed by atoms with van der Waals surface area (Å²) in [5.74, 6) is -2.68. The summed E-state index contributed by atoms with van der Waals surface area (Å²) < 4.78 is 8.88. The standard InChI is InChI=1S/C2H7NO3.H3O4P/c3-1-2(4,5)6;1-5(2,3)4/h4-6H,1,3H2;(H3,1,2,3,4). The average molecular weight is 191 g/mol. The third-order valence-electron chi connectivity index (χ3n) is 0.274. The molecule has 0 aliphatic rings. The first-order chi connectivity index (χ1) is 4.56. The second kappa shape index (κ2) is 4.75. The van der Waals surface area contributed by atoms with Gasteiger partial charge in [0.2, 0.25) is 0 Å². The SMILES string of the molecule is NCC(O)(O)O.O=P(O)(O)O. The van der Waals surface area contributed by atoms with Crippen LogP contribution in [0.5, 0.6) is 0 Å². The van der Waals surface area contributed by atoms with E-state index in [1.807, 2.05) is 0 Å². The summed E-state index contributed by atoms with van der Waals surface area (Å²) in [5, 5.41) is 23.4. The van der Waals surface area contributed by atoms with E-state index in [1.54, 1.807) is 0 Å². The van der Waals surface area contributed by atoms with E-state index in [0.29, 0.717) is 0 Å². The van der Waals surface area contributed by atoms with Crippen molar-refractivity contribution in [2.45, 2.75) is 5.97 Å². The summed E-state index contributed by atoms with van der Waals surface area (Å²) >= 11 is 0. The number of phosphoric acid groups is 1. The molecule has 0 saturated carbocycles. The molecule has 8 nitrogen and oxygen atoms in total. The van der Waals surface area contributed by atoms with Gasteiger partial charge in [-0.15, -0.1) is 0 Å². The molecule has 70 valence electrons. The van der Waals surface area contributed by atoms with Crippen molar-refractivity contribution < 1.29 is 34.6 Å². The third-order valence-corrected chi connectivity index (χ3v) is 0.274. The van der Waals surface area contributed by atoms with Crippen LogP contribution in [-0.4, -0.2) is 42.5 Å². The number of nitrogens with two attached hydrogens (primary N) is 1. The minimum Gasteiger partial charge on any atom is -0.343 e. The fourth-order valence-electron chi connectivity index (χ4n) is 0. The molecule has 0 aliphatic heterocycles. The maximum absolute atomic E-state index is 8.88. The van der Waals surface area contributed by atoms with Crippen LogP contribution in [0.3, 0.4) is 0 Å². The Morgan fingerprint density at radius 1 is 1.18 bits per heavy atom. The van der Waals surface area contributed by atoms with Gasteiger partial charge < -0.3 is 35.7 Å². The number of aliphatic hydroxyl groups is 3. The van der Waals surface area contributed by atoms with Gasteiger partial charge in [0.15, 0.2) is 0 Å². The Morgan fingerprint density at radius 3 is 1.27 bits per heavy atom. The van der Waals surface area contributed by atoms with E-state index < -0.39 is 20.3 Å². The highest BCUT2D eigenvalue weighted by Crippen LogP contribution is 2.25. The van der Waals surface area contributed by atoms with Gasteiger partial charge in [0.05, 0.1) is 6.54 Å². The molecule has 0 amide bonds. The Kier molecular flexibility index (Phi) is 5.85. The van der Waals surface area contributed by atoms with Gasteiger partial charge in [0, 0.05) is 0 Å². The lowest BCUT2D eigenvalue weighted by atomic mass is 10.6. The first kappa shape index (κ1) is 13.5. The monoisotopic (exact) mass is 191 g/mol. The maximum Gasteiger partial charge on any atom is 0.466 e. The van der Waals surface area contributed by atoms with Gasteiger partial charge in [-0.1, -0.05) is 0 Å². The van der Waals surface area contributed by atoms with E-state index in [2.05, 4.69) is 5.73 Å². The second-order valence-corrected chi connectivity index (χ2v) is 2.52. The number of hydrogen-bond acceptors (Lipinski definition) is 5. The molecule has 0 aliphatic carbocycles. The van der Waals surface area contributed by atoms with Gasteiger partial charge in [0.1, 0.15) is 0 Å². The maximum atomic E-state index is 8.88. The summed E-state index contributed by atoms with van der Waals surface area (Å²) in [4.78, 5) is 21.6.